The molecule has 2 heterocycles. The number of hydrogen-bond acceptors (Lipinski definition) is 3. The molecular weight excluding hydrogens is 188 g/mol. The predicted octanol–water partition coefficient (Wildman–Crippen LogP) is 0.893. The molecule has 1 aromatic heterocycles. The van der Waals surface area contributed by atoms with Crippen molar-refractivity contribution in [2.24, 2.45) is 0 Å². The van der Waals surface area contributed by atoms with Crippen LogP contribution in [-0.2, 0) is 5.88 Å². The summed E-state index contributed by atoms with van der Waals surface area (Å²) in [6, 6.07) is 0.531. The summed E-state index contributed by atoms with van der Waals surface area (Å²) >= 11 is 5.73. The van der Waals surface area contributed by atoms with E-state index >= 15 is 0 Å². The highest BCUT2D eigenvalue weighted by Crippen LogP contribution is 2.21. The van der Waals surface area contributed by atoms with Gasteiger partial charge >= 0.3 is 0 Å². The van der Waals surface area contributed by atoms with Crippen LogP contribution in [-0.4, -0.2) is 39.3 Å². The molecule has 72 valence electrons. The Morgan fingerprint density at radius 3 is 3.00 bits per heavy atom. The lowest BCUT2D eigenvalue weighted by atomic mass is 10.1. The summed E-state index contributed by atoms with van der Waals surface area (Å²) in [6.07, 6.45) is 1.77. The van der Waals surface area contributed by atoms with Crippen LogP contribution in [0.15, 0.2) is 6.33 Å². The number of likely N-dealkylation sites (N-methyl/N-ethyl adjacent to an activating group) is 1. The van der Waals surface area contributed by atoms with Crippen molar-refractivity contribution >= 4 is 11.6 Å². The molecule has 0 unspecified atom stereocenters. The Kier molecular flexibility index (Phi) is 2.51. The summed E-state index contributed by atoms with van der Waals surface area (Å²) in [6.45, 7) is 5.48. The molecule has 0 radical (unpaired) electrons. The second-order valence-corrected chi connectivity index (χ2v) is 3.56. The van der Waals surface area contributed by atoms with Crippen LogP contribution in [0.2, 0.25) is 0 Å². The van der Waals surface area contributed by atoms with Crippen molar-refractivity contribution in [2.45, 2.75) is 18.8 Å². The van der Waals surface area contributed by atoms with Gasteiger partial charge in [-0.1, -0.05) is 6.92 Å². The van der Waals surface area contributed by atoms with Gasteiger partial charge in [0, 0.05) is 13.1 Å². The highest BCUT2D eigenvalue weighted by atomic mass is 35.5. The number of aromatic nitrogens is 3. The fraction of sp³-hybridized carbons (Fsp3) is 0.750. The molecule has 1 saturated heterocycles. The van der Waals surface area contributed by atoms with Gasteiger partial charge in [-0.15, -0.1) is 21.8 Å². The molecule has 0 saturated carbocycles. The molecule has 0 spiro atoms. The van der Waals surface area contributed by atoms with Crippen LogP contribution in [0.4, 0.5) is 0 Å². The molecule has 1 aromatic rings. The smallest absolute Gasteiger partial charge is 0.148 e. The zero-order chi connectivity index (χ0) is 9.26. The van der Waals surface area contributed by atoms with Gasteiger partial charge in [0.2, 0.25) is 0 Å². The number of hydrogen-bond donors (Lipinski definition) is 0. The third-order valence-electron chi connectivity index (χ3n) is 2.55. The lowest BCUT2D eigenvalue weighted by Gasteiger charge is -2.39. The summed E-state index contributed by atoms with van der Waals surface area (Å²) in [5, 5.41) is 7.81. The number of nitrogens with zero attached hydrogens (tertiary/aromatic N) is 4. The maximum absolute atomic E-state index is 5.73. The third-order valence-corrected chi connectivity index (χ3v) is 2.78. The Balaban J connectivity index is 2.02. The first-order valence-corrected chi connectivity index (χ1v) is 5.05. The van der Waals surface area contributed by atoms with Gasteiger partial charge < -0.3 is 4.57 Å². The minimum absolute atomic E-state index is 0.447. The van der Waals surface area contributed by atoms with E-state index in [1.165, 1.54) is 0 Å². The van der Waals surface area contributed by atoms with Crippen LogP contribution >= 0.6 is 11.6 Å². The van der Waals surface area contributed by atoms with Crippen molar-refractivity contribution in [3.8, 4) is 0 Å². The van der Waals surface area contributed by atoms with Gasteiger partial charge in [-0.25, -0.2) is 0 Å². The largest absolute Gasteiger partial charge is 0.311 e. The molecule has 1 fully saturated rings. The summed E-state index contributed by atoms with van der Waals surface area (Å²) in [5.74, 6) is 1.32. The predicted molar refractivity (Wildman–Crippen MR) is 50.7 cm³/mol. The quantitative estimate of drug-likeness (QED) is 0.680. The van der Waals surface area contributed by atoms with Crippen molar-refractivity contribution in [3.63, 3.8) is 0 Å². The van der Waals surface area contributed by atoms with Crippen LogP contribution < -0.4 is 0 Å². The molecule has 0 N–H and O–H groups in total. The maximum atomic E-state index is 5.73. The molecule has 4 nitrogen and oxygen atoms in total. The molecule has 0 aliphatic carbocycles. The first-order chi connectivity index (χ1) is 6.35. The van der Waals surface area contributed by atoms with Gasteiger partial charge in [0.05, 0.1) is 11.9 Å². The van der Waals surface area contributed by atoms with Crippen molar-refractivity contribution in [1.82, 2.24) is 19.7 Å². The third kappa shape index (κ3) is 1.56. The Morgan fingerprint density at radius 1 is 1.62 bits per heavy atom. The molecule has 0 atom stereocenters. The van der Waals surface area contributed by atoms with Crippen LogP contribution in [0.25, 0.3) is 0 Å². The summed E-state index contributed by atoms with van der Waals surface area (Å²) < 4.78 is 2.08. The molecule has 1 aliphatic rings. The van der Waals surface area contributed by atoms with E-state index in [4.69, 9.17) is 11.6 Å². The van der Waals surface area contributed by atoms with Crippen molar-refractivity contribution in [1.29, 1.82) is 0 Å². The molecule has 13 heavy (non-hydrogen) atoms. The molecule has 0 bridgehead atoms. The van der Waals surface area contributed by atoms with Gasteiger partial charge in [-0.05, 0) is 6.54 Å². The lowest BCUT2D eigenvalue weighted by molar-refractivity contribution is 0.112. The molecule has 5 heteroatoms. The SMILES string of the molecule is CCN1CC(n2cnnc2CCl)C1. The van der Waals surface area contributed by atoms with E-state index < -0.39 is 0 Å². The van der Waals surface area contributed by atoms with Crippen LogP contribution in [0.1, 0.15) is 18.8 Å². The topological polar surface area (TPSA) is 34.0 Å². The minimum Gasteiger partial charge on any atom is -0.311 e. The van der Waals surface area contributed by atoms with E-state index in [-0.39, 0.29) is 0 Å². The maximum Gasteiger partial charge on any atom is 0.148 e. The fourth-order valence-electron chi connectivity index (χ4n) is 1.64. The standard InChI is InChI=1S/C8H13ClN4/c1-2-12-4-7(5-12)13-6-10-11-8(13)3-9/h6-7H,2-5H2,1H3. The highest BCUT2D eigenvalue weighted by Gasteiger charge is 2.27. The molecule has 0 amide bonds. The monoisotopic (exact) mass is 200 g/mol. The van der Waals surface area contributed by atoms with Crippen molar-refractivity contribution in [2.75, 3.05) is 19.6 Å². The second kappa shape index (κ2) is 3.64. The lowest BCUT2D eigenvalue weighted by Crippen LogP contribution is -2.47. The average molecular weight is 201 g/mol. The first-order valence-electron chi connectivity index (χ1n) is 4.51. The van der Waals surface area contributed by atoms with E-state index in [2.05, 4.69) is 26.6 Å². The number of likely N-dealkylation sites (tertiary alicyclic amines) is 1. The van der Waals surface area contributed by atoms with Gasteiger partial charge in [0.1, 0.15) is 12.2 Å². The number of rotatable bonds is 3. The molecule has 0 aromatic carbocycles. The van der Waals surface area contributed by atoms with Crippen LogP contribution in [0.5, 0.6) is 0 Å². The minimum atomic E-state index is 0.447. The first kappa shape index (κ1) is 8.97. The normalized spacial score (nSPS) is 18.9. The number of halogens is 1. The average Bonchev–Trinajstić information content (AvgIpc) is 2.50. The summed E-state index contributed by atoms with van der Waals surface area (Å²) in [7, 11) is 0. The number of alkyl halides is 1. The van der Waals surface area contributed by atoms with Gasteiger partial charge in [-0.3, -0.25) is 4.90 Å². The van der Waals surface area contributed by atoms with Gasteiger partial charge in [0.25, 0.3) is 0 Å². The van der Waals surface area contributed by atoms with E-state index in [1.807, 2.05) is 0 Å². The van der Waals surface area contributed by atoms with Crippen molar-refractivity contribution in [3.05, 3.63) is 12.2 Å². The van der Waals surface area contributed by atoms with E-state index in [9.17, 15) is 0 Å². The van der Waals surface area contributed by atoms with E-state index in [0.717, 1.165) is 25.5 Å². The Bertz CT molecular complexity index is 279. The van der Waals surface area contributed by atoms with Crippen LogP contribution in [0, 0.1) is 0 Å². The van der Waals surface area contributed by atoms with Gasteiger partial charge in [-0.2, -0.15) is 0 Å². The zero-order valence-corrected chi connectivity index (χ0v) is 8.41. The molecule has 2 rings (SSSR count). The second-order valence-electron chi connectivity index (χ2n) is 3.29. The Labute approximate surface area is 82.5 Å². The molecular formula is C8H13ClN4. The Hall–Kier alpha value is -0.610. The summed E-state index contributed by atoms with van der Waals surface area (Å²) in [4.78, 5) is 2.38. The van der Waals surface area contributed by atoms with Crippen LogP contribution in [0.3, 0.4) is 0 Å². The molecule has 1 aliphatic heterocycles. The van der Waals surface area contributed by atoms with Gasteiger partial charge in [0.15, 0.2) is 0 Å². The van der Waals surface area contributed by atoms with E-state index in [1.54, 1.807) is 6.33 Å². The fourth-order valence-corrected chi connectivity index (χ4v) is 1.84. The zero-order valence-electron chi connectivity index (χ0n) is 7.65. The van der Waals surface area contributed by atoms with Crippen molar-refractivity contribution < 1.29 is 0 Å². The Morgan fingerprint density at radius 2 is 2.38 bits per heavy atom. The summed E-state index contributed by atoms with van der Waals surface area (Å²) in [5.41, 5.74) is 0. The van der Waals surface area contributed by atoms with E-state index in [0.29, 0.717) is 11.9 Å². The highest BCUT2D eigenvalue weighted by molar-refractivity contribution is 6.16.